The van der Waals surface area contributed by atoms with Gasteiger partial charge in [0.05, 0.1) is 6.61 Å². The fourth-order valence-electron chi connectivity index (χ4n) is 2.05. The van der Waals surface area contributed by atoms with E-state index in [9.17, 15) is 4.79 Å². The van der Waals surface area contributed by atoms with Gasteiger partial charge in [0.1, 0.15) is 0 Å². The monoisotopic (exact) mass is 289 g/mol. The Balaban J connectivity index is 2.96. The van der Waals surface area contributed by atoms with E-state index in [0.717, 1.165) is 11.1 Å². The second-order valence-electron chi connectivity index (χ2n) is 4.83. The molecular formula is C17H23NO3. The van der Waals surface area contributed by atoms with Crippen LogP contribution in [-0.2, 0) is 0 Å². The molecule has 0 atom stereocenters. The van der Waals surface area contributed by atoms with Crippen molar-refractivity contribution in [1.29, 1.82) is 0 Å². The van der Waals surface area contributed by atoms with Crippen molar-refractivity contribution in [3.05, 3.63) is 34.9 Å². The molecule has 0 radical (unpaired) electrons. The first-order chi connectivity index (χ1) is 10.1. The normalized spacial score (nSPS) is 9.90. The summed E-state index contributed by atoms with van der Waals surface area (Å²) < 4.78 is 0. The third-order valence-corrected chi connectivity index (χ3v) is 3.05. The number of amides is 1. The van der Waals surface area contributed by atoms with Gasteiger partial charge in [0.15, 0.2) is 0 Å². The highest BCUT2D eigenvalue weighted by atomic mass is 16.3. The molecule has 0 fully saturated rings. The van der Waals surface area contributed by atoms with Crippen molar-refractivity contribution in [3.8, 4) is 11.8 Å². The first-order valence-electron chi connectivity index (χ1n) is 7.24. The molecule has 4 nitrogen and oxygen atoms in total. The van der Waals surface area contributed by atoms with Crippen LogP contribution in [0, 0.1) is 18.8 Å². The number of hydrogen-bond donors (Lipinski definition) is 2. The number of benzene rings is 1. The van der Waals surface area contributed by atoms with Gasteiger partial charge < -0.3 is 15.1 Å². The maximum Gasteiger partial charge on any atom is 0.253 e. The molecule has 2 N–H and O–H groups in total. The smallest absolute Gasteiger partial charge is 0.253 e. The van der Waals surface area contributed by atoms with Crippen LogP contribution in [0.5, 0.6) is 0 Å². The molecule has 0 heterocycles. The second-order valence-corrected chi connectivity index (χ2v) is 4.83. The topological polar surface area (TPSA) is 60.8 Å². The third kappa shape index (κ3) is 5.58. The Hall–Kier alpha value is -1.83. The Labute approximate surface area is 126 Å². The first kappa shape index (κ1) is 17.2. The zero-order chi connectivity index (χ0) is 15.7. The third-order valence-electron chi connectivity index (χ3n) is 3.05. The molecule has 1 amide bonds. The van der Waals surface area contributed by atoms with Crippen LogP contribution in [0.25, 0.3) is 0 Å². The van der Waals surface area contributed by atoms with Crippen LogP contribution in [0.15, 0.2) is 18.2 Å². The lowest BCUT2D eigenvalue weighted by Gasteiger charge is -2.20. The summed E-state index contributed by atoms with van der Waals surface area (Å²) >= 11 is 0. The zero-order valence-electron chi connectivity index (χ0n) is 12.7. The standard InChI is InChI=1S/C17H23NO3/c1-3-18(8-6-10-20)17(21)16-12-14(2)11-15(13-16)7-4-5-9-19/h11-13,19-20H,3,5-6,8-10H2,1-2H3. The average molecular weight is 289 g/mol. The lowest BCUT2D eigenvalue weighted by atomic mass is 10.1. The lowest BCUT2D eigenvalue weighted by Crippen LogP contribution is -2.32. The van der Waals surface area contributed by atoms with Gasteiger partial charge in [0.25, 0.3) is 5.91 Å². The van der Waals surface area contributed by atoms with Crippen molar-refractivity contribution in [1.82, 2.24) is 4.90 Å². The summed E-state index contributed by atoms with van der Waals surface area (Å²) in [4.78, 5) is 14.2. The van der Waals surface area contributed by atoms with Crippen LogP contribution in [0.1, 0.15) is 41.3 Å². The number of aliphatic hydroxyl groups excluding tert-OH is 2. The van der Waals surface area contributed by atoms with Crippen LogP contribution >= 0.6 is 0 Å². The SMILES string of the molecule is CCN(CCCO)C(=O)c1cc(C)cc(C#CCCO)c1. The Bertz CT molecular complexity index is 529. The van der Waals surface area contributed by atoms with Crippen LogP contribution in [0.3, 0.4) is 0 Å². The fourth-order valence-corrected chi connectivity index (χ4v) is 2.05. The van der Waals surface area contributed by atoms with E-state index in [4.69, 9.17) is 10.2 Å². The summed E-state index contributed by atoms with van der Waals surface area (Å²) in [5.74, 6) is 5.78. The van der Waals surface area contributed by atoms with Crippen molar-refractivity contribution in [2.45, 2.75) is 26.7 Å². The van der Waals surface area contributed by atoms with E-state index < -0.39 is 0 Å². The summed E-state index contributed by atoms with van der Waals surface area (Å²) in [6.07, 6.45) is 1.00. The van der Waals surface area contributed by atoms with Crippen LogP contribution in [0.2, 0.25) is 0 Å². The number of carbonyl (C=O) groups excluding carboxylic acids is 1. The van der Waals surface area contributed by atoms with Gasteiger partial charge in [-0.2, -0.15) is 0 Å². The maximum absolute atomic E-state index is 12.5. The molecule has 1 aromatic carbocycles. The first-order valence-corrected chi connectivity index (χ1v) is 7.24. The molecule has 0 spiro atoms. The van der Waals surface area contributed by atoms with E-state index in [1.165, 1.54) is 0 Å². The molecule has 114 valence electrons. The zero-order valence-corrected chi connectivity index (χ0v) is 12.7. The second kappa shape index (κ2) is 9.17. The molecule has 0 aromatic heterocycles. The van der Waals surface area contributed by atoms with Crippen molar-refractivity contribution < 1.29 is 15.0 Å². The quantitative estimate of drug-likeness (QED) is 0.782. The fraction of sp³-hybridized carbons (Fsp3) is 0.471. The number of aryl methyl sites for hydroxylation is 1. The van der Waals surface area contributed by atoms with E-state index in [1.807, 2.05) is 26.0 Å². The molecule has 0 saturated heterocycles. The van der Waals surface area contributed by atoms with Crippen LogP contribution in [-0.4, -0.2) is 47.3 Å². The van der Waals surface area contributed by atoms with Gasteiger partial charge in [-0.15, -0.1) is 0 Å². The van der Waals surface area contributed by atoms with Gasteiger partial charge in [0.2, 0.25) is 0 Å². The summed E-state index contributed by atoms with van der Waals surface area (Å²) in [7, 11) is 0. The van der Waals surface area contributed by atoms with E-state index in [1.54, 1.807) is 11.0 Å². The number of rotatable bonds is 6. The Morgan fingerprint density at radius 2 is 2.00 bits per heavy atom. The molecular weight excluding hydrogens is 266 g/mol. The minimum absolute atomic E-state index is 0.0371. The molecule has 0 aliphatic rings. The highest BCUT2D eigenvalue weighted by Crippen LogP contribution is 2.12. The van der Waals surface area contributed by atoms with Gasteiger partial charge >= 0.3 is 0 Å². The summed E-state index contributed by atoms with van der Waals surface area (Å²) in [6, 6.07) is 5.55. The van der Waals surface area contributed by atoms with Crippen LogP contribution < -0.4 is 0 Å². The molecule has 21 heavy (non-hydrogen) atoms. The highest BCUT2D eigenvalue weighted by Gasteiger charge is 2.14. The molecule has 0 unspecified atom stereocenters. The van der Waals surface area contributed by atoms with Crippen molar-refractivity contribution in [2.24, 2.45) is 0 Å². The van der Waals surface area contributed by atoms with E-state index in [-0.39, 0.29) is 19.1 Å². The molecule has 1 rings (SSSR count). The number of aliphatic hydroxyl groups is 2. The molecule has 1 aromatic rings. The van der Waals surface area contributed by atoms with Crippen molar-refractivity contribution >= 4 is 5.91 Å². The highest BCUT2D eigenvalue weighted by molar-refractivity contribution is 5.94. The molecule has 0 aliphatic carbocycles. The lowest BCUT2D eigenvalue weighted by molar-refractivity contribution is 0.0754. The molecule has 4 heteroatoms. The molecule has 0 bridgehead atoms. The average Bonchev–Trinajstić information content (AvgIpc) is 2.47. The minimum Gasteiger partial charge on any atom is -0.396 e. The molecule has 0 saturated carbocycles. The van der Waals surface area contributed by atoms with E-state index >= 15 is 0 Å². The summed E-state index contributed by atoms with van der Waals surface area (Å²) in [5, 5.41) is 17.6. The van der Waals surface area contributed by atoms with Crippen molar-refractivity contribution in [2.75, 3.05) is 26.3 Å². The minimum atomic E-state index is -0.0418. The van der Waals surface area contributed by atoms with E-state index in [0.29, 0.717) is 31.5 Å². The Kier molecular flexibility index (Phi) is 7.52. The molecule has 0 aliphatic heterocycles. The largest absolute Gasteiger partial charge is 0.396 e. The van der Waals surface area contributed by atoms with E-state index in [2.05, 4.69) is 11.8 Å². The summed E-state index contributed by atoms with van der Waals surface area (Å²) in [6.45, 7) is 5.12. The van der Waals surface area contributed by atoms with Gasteiger partial charge in [-0.25, -0.2) is 0 Å². The predicted octanol–water partition coefficient (Wildman–Crippen LogP) is 1.57. The number of carbonyl (C=O) groups is 1. The van der Waals surface area contributed by atoms with Gasteiger partial charge in [-0.1, -0.05) is 11.8 Å². The van der Waals surface area contributed by atoms with Gasteiger partial charge in [-0.05, 0) is 44.0 Å². The van der Waals surface area contributed by atoms with Crippen LogP contribution in [0.4, 0.5) is 0 Å². The summed E-state index contributed by atoms with van der Waals surface area (Å²) in [5.41, 5.74) is 2.38. The number of nitrogens with zero attached hydrogens (tertiary/aromatic N) is 1. The Morgan fingerprint density at radius 1 is 1.24 bits per heavy atom. The van der Waals surface area contributed by atoms with Gasteiger partial charge in [0, 0.05) is 37.2 Å². The maximum atomic E-state index is 12.5. The number of hydrogen-bond acceptors (Lipinski definition) is 3. The van der Waals surface area contributed by atoms with Crippen molar-refractivity contribution in [3.63, 3.8) is 0 Å². The van der Waals surface area contributed by atoms with Gasteiger partial charge in [-0.3, -0.25) is 4.79 Å². The Morgan fingerprint density at radius 3 is 2.62 bits per heavy atom. The predicted molar refractivity (Wildman–Crippen MR) is 83.0 cm³/mol.